The van der Waals surface area contributed by atoms with Crippen LogP contribution in [0.15, 0.2) is 4.99 Å². The second-order valence-corrected chi connectivity index (χ2v) is 10.2. The molecular formula is C19H37N3O3S. The number of hydrogen-bond acceptors (Lipinski definition) is 4. The van der Waals surface area contributed by atoms with Gasteiger partial charge in [0, 0.05) is 39.1 Å². The molecular weight excluding hydrogens is 350 g/mol. The summed E-state index contributed by atoms with van der Waals surface area (Å²) >= 11 is 0. The maximum Gasteiger partial charge on any atom is 0.193 e. The highest BCUT2D eigenvalue weighted by molar-refractivity contribution is 7.92. The third kappa shape index (κ3) is 4.91. The van der Waals surface area contributed by atoms with Crippen molar-refractivity contribution in [2.24, 2.45) is 16.8 Å². The van der Waals surface area contributed by atoms with Gasteiger partial charge in [-0.2, -0.15) is 0 Å². The Labute approximate surface area is 159 Å². The summed E-state index contributed by atoms with van der Waals surface area (Å²) in [6.07, 6.45) is 6.05. The highest BCUT2D eigenvalue weighted by Gasteiger charge is 2.42. The molecule has 0 aliphatic carbocycles. The molecule has 0 radical (unpaired) electrons. The Balaban J connectivity index is 2.13. The summed E-state index contributed by atoms with van der Waals surface area (Å²) < 4.78 is 29.5. The van der Waals surface area contributed by atoms with Gasteiger partial charge in [-0.05, 0) is 38.0 Å². The molecule has 1 N–H and O–H groups in total. The van der Waals surface area contributed by atoms with Gasteiger partial charge in [-0.25, -0.2) is 8.42 Å². The second kappa shape index (κ2) is 9.40. The van der Waals surface area contributed by atoms with Crippen LogP contribution >= 0.6 is 0 Å². The molecule has 2 heterocycles. The van der Waals surface area contributed by atoms with E-state index < -0.39 is 14.6 Å². The number of guanidine groups is 1. The number of likely N-dealkylation sites (tertiary alicyclic amines) is 1. The molecule has 0 spiro atoms. The Kier molecular flexibility index (Phi) is 7.76. The average Bonchev–Trinajstić information content (AvgIpc) is 3.09. The lowest BCUT2D eigenvalue weighted by atomic mass is 9.87. The van der Waals surface area contributed by atoms with Crippen LogP contribution in [-0.4, -0.2) is 69.7 Å². The van der Waals surface area contributed by atoms with E-state index in [4.69, 9.17) is 9.73 Å². The fourth-order valence-corrected chi connectivity index (χ4v) is 5.56. The van der Waals surface area contributed by atoms with Crippen LogP contribution in [0.1, 0.15) is 52.9 Å². The van der Waals surface area contributed by atoms with Crippen LogP contribution < -0.4 is 5.32 Å². The van der Waals surface area contributed by atoms with E-state index in [1.54, 1.807) is 0 Å². The standard InChI is InChI=1S/C19H37N3O3S/c1-5-16(6-2)17-8-11-22(14-17)18(20-7-3)21-15-19(26(4,23)24)9-12-25-13-10-19/h16-17H,5-15H2,1-4H3,(H,20,21). The molecule has 26 heavy (non-hydrogen) atoms. The first-order valence-corrected chi connectivity index (χ1v) is 12.1. The van der Waals surface area contributed by atoms with Crippen LogP contribution in [0.2, 0.25) is 0 Å². The van der Waals surface area contributed by atoms with Crippen molar-refractivity contribution in [2.75, 3.05) is 45.6 Å². The summed E-state index contributed by atoms with van der Waals surface area (Å²) in [5, 5.41) is 3.38. The molecule has 7 heteroatoms. The van der Waals surface area contributed by atoms with E-state index in [0.717, 1.165) is 31.5 Å². The van der Waals surface area contributed by atoms with Gasteiger partial charge >= 0.3 is 0 Å². The van der Waals surface area contributed by atoms with Crippen LogP contribution in [0.3, 0.4) is 0 Å². The van der Waals surface area contributed by atoms with E-state index >= 15 is 0 Å². The van der Waals surface area contributed by atoms with Crippen molar-refractivity contribution in [3.05, 3.63) is 0 Å². The molecule has 1 atom stereocenters. The molecule has 0 aromatic heterocycles. The fourth-order valence-electron chi connectivity index (χ4n) is 4.35. The van der Waals surface area contributed by atoms with Crippen molar-refractivity contribution in [3.8, 4) is 0 Å². The maximum absolute atomic E-state index is 12.5. The van der Waals surface area contributed by atoms with Crippen molar-refractivity contribution in [2.45, 2.75) is 57.6 Å². The first-order valence-electron chi connectivity index (χ1n) is 10.2. The number of sulfone groups is 1. The summed E-state index contributed by atoms with van der Waals surface area (Å²) in [6, 6.07) is 0. The number of ether oxygens (including phenoxy) is 1. The molecule has 0 bridgehead atoms. The van der Waals surface area contributed by atoms with E-state index in [0.29, 0.717) is 38.5 Å². The number of nitrogens with zero attached hydrogens (tertiary/aromatic N) is 2. The Hall–Kier alpha value is -0.820. The molecule has 6 nitrogen and oxygen atoms in total. The van der Waals surface area contributed by atoms with Gasteiger partial charge in [0.25, 0.3) is 0 Å². The normalized spacial score (nSPS) is 24.3. The minimum Gasteiger partial charge on any atom is -0.381 e. The van der Waals surface area contributed by atoms with E-state index in [2.05, 4.69) is 31.0 Å². The highest BCUT2D eigenvalue weighted by atomic mass is 32.2. The molecule has 1 unspecified atom stereocenters. The molecule has 2 fully saturated rings. The molecule has 0 amide bonds. The smallest absolute Gasteiger partial charge is 0.193 e. The number of aliphatic imine (C=N–C) groups is 1. The summed E-state index contributed by atoms with van der Waals surface area (Å²) in [6.45, 7) is 10.7. The Morgan fingerprint density at radius 3 is 2.46 bits per heavy atom. The first-order chi connectivity index (χ1) is 12.4. The van der Waals surface area contributed by atoms with Crippen molar-refractivity contribution < 1.29 is 13.2 Å². The predicted molar refractivity (Wildman–Crippen MR) is 107 cm³/mol. The molecule has 2 aliphatic rings. The molecule has 2 rings (SSSR count). The lowest BCUT2D eigenvalue weighted by Crippen LogP contribution is -2.48. The molecule has 152 valence electrons. The zero-order valence-electron chi connectivity index (χ0n) is 17.0. The van der Waals surface area contributed by atoms with Gasteiger partial charge in [0.15, 0.2) is 15.8 Å². The molecule has 0 saturated carbocycles. The van der Waals surface area contributed by atoms with Gasteiger partial charge in [0.1, 0.15) is 0 Å². The monoisotopic (exact) mass is 387 g/mol. The Morgan fingerprint density at radius 1 is 1.27 bits per heavy atom. The number of nitrogens with one attached hydrogen (secondary N) is 1. The van der Waals surface area contributed by atoms with E-state index in [-0.39, 0.29) is 0 Å². The third-order valence-electron chi connectivity index (χ3n) is 6.28. The van der Waals surface area contributed by atoms with E-state index in [1.165, 1.54) is 25.5 Å². The maximum atomic E-state index is 12.5. The largest absolute Gasteiger partial charge is 0.381 e. The second-order valence-electron chi connectivity index (χ2n) is 7.81. The van der Waals surface area contributed by atoms with Crippen LogP contribution in [0.5, 0.6) is 0 Å². The third-order valence-corrected chi connectivity index (χ3v) is 8.39. The lowest BCUT2D eigenvalue weighted by Gasteiger charge is -2.34. The van der Waals surface area contributed by atoms with Crippen LogP contribution in [0.25, 0.3) is 0 Å². The van der Waals surface area contributed by atoms with Gasteiger partial charge in [-0.15, -0.1) is 0 Å². The zero-order valence-corrected chi connectivity index (χ0v) is 17.8. The molecule has 0 aromatic carbocycles. The van der Waals surface area contributed by atoms with Crippen LogP contribution in [0, 0.1) is 11.8 Å². The minimum atomic E-state index is -3.19. The number of rotatable bonds is 7. The summed E-state index contributed by atoms with van der Waals surface area (Å²) in [5.74, 6) is 2.34. The van der Waals surface area contributed by atoms with Gasteiger partial charge in [-0.1, -0.05) is 26.7 Å². The van der Waals surface area contributed by atoms with Crippen molar-refractivity contribution >= 4 is 15.8 Å². The van der Waals surface area contributed by atoms with Crippen molar-refractivity contribution in [1.29, 1.82) is 0 Å². The Bertz CT molecular complexity index is 567. The SMILES string of the molecule is CCNC(=NCC1(S(C)(=O)=O)CCOCC1)N1CCC(C(CC)CC)C1. The summed E-state index contributed by atoms with van der Waals surface area (Å²) in [4.78, 5) is 7.12. The molecule has 2 saturated heterocycles. The van der Waals surface area contributed by atoms with Gasteiger partial charge in [-0.3, -0.25) is 4.99 Å². The number of hydrogen-bond donors (Lipinski definition) is 1. The fraction of sp³-hybridized carbons (Fsp3) is 0.947. The summed E-state index contributed by atoms with van der Waals surface area (Å²) in [5.41, 5.74) is 0. The van der Waals surface area contributed by atoms with Crippen LogP contribution in [-0.2, 0) is 14.6 Å². The first kappa shape index (κ1) is 21.5. The highest BCUT2D eigenvalue weighted by Crippen LogP contribution is 2.31. The zero-order chi connectivity index (χ0) is 19.2. The van der Waals surface area contributed by atoms with Gasteiger partial charge in [0.2, 0.25) is 0 Å². The van der Waals surface area contributed by atoms with E-state index in [9.17, 15) is 8.42 Å². The van der Waals surface area contributed by atoms with Gasteiger partial charge < -0.3 is 15.0 Å². The molecule has 0 aromatic rings. The average molecular weight is 388 g/mol. The van der Waals surface area contributed by atoms with Crippen molar-refractivity contribution in [3.63, 3.8) is 0 Å². The van der Waals surface area contributed by atoms with Crippen molar-refractivity contribution in [1.82, 2.24) is 10.2 Å². The molecule has 2 aliphatic heterocycles. The Morgan fingerprint density at radius 2 is 1.92 bits per heavy atom. The van der Waals surface area contributed by atoms with Crippen LogP contribution in [0.4, 0.5) is 0 Å². The topological polar surface area (TPSA) is 71.0 Å². The lowest BCUT2D eigenvalue weighted by molar-refractivity contribution is 0.0767. The predicted octanol–water partition coefficient (Wildman–Crippen LogP) is 2.30. The van der Waals surface area contributed by atoms with Gasteiger partial charge in [0.05, 0.1) is 11.3 Å². The minimum absolute atomic E-state index is 0.323. The van der Waals surface area contributed by atoms with E-state index in [1.807, 2.05) is 0 Å². The summed E-state index contributed by atoms with van der Waals surface area (Å²) in [7, 11) is -3.19. The quantitative estimate of drug-likeness (QED) is 0.536.